The lowest BCUT2D eigenvalue weighted by atomic mass is 10.1. The van der Waals surface area contributed by atoms with Gasteiger partial charge in [0.2, 0.25) is 0 Å². The van der Waals surface area contributed by atoms with Gasteiger partial charge in [-0.05, 0) is 31.0 Å². The summed E-state index contributed by atoms with van der Waals surface area (Å²) >= 11 is 0. The van der Waals surface area contributed by atoms with Crippen molar-refractivity contribution in [2.75, 3.05) is 6.54 Å². The molecule has 1 unspecified atom stereocenters. The van der Waals surface area contributed by atoms with Crippen molar-refractivity contribution in [2.45, 2.75) is 25.3 Å². The van der Waals surface area contributed by atoms with Gasteiger partial charge in [0.25, 0.3) is 5.91 Å². The lowest BCUT2D eigenvalue weighted by Crippen LogP contribution is -2.31. The molecule has 0 radical (unpaired) electrons. The maximum atomic E-state index is 12.7. The number of carboxylic acids is 1. The van der Waals surface area contributed by atoms with Crippen LogP contribution in [-0.2, 0) is 11.2 Å². The Bertz CT molecular complexity index is 680. The zero-order valence-electron chi connectivity index (χ0n) is 11.9. The third-order valence-electron chi connectivity index (χ3n) is 3.83. The fraction of sp³-hybridized carbons (Fsp3) is 0.312. The number of hydrogen-bond donors (Lipinski definition) is 1. The Morgan fingerprint density at radius 3 is 2.95 bits per heavy atom. The Balaban J connectivity index is 1.85. The quantitative estimate of drug-likeness (QED) is 0.936. The first-order chi connectivity index (χ1) is 10.7. The van der Waals surface area contributed by atoms with Gasteiger partial charge >= 0.3 is 5.97 Å². The van der Waals surface area contributed by atoms with Crippen molar-refractivity contribution in [3.05, 3.63) is 53.7 Å². The van der Waals surface area contributed by atoms with Crippen LogP contribution in [0, 0.1) is 0 Å². The van der Waals surface area contributed by atoms with E-state index in [9.17, 15) is 9.59 Å². The molecule has 0 spiro atoms. The van der Waals surface area contributed by atoms with Crippen LogP contribution >= 0.6 is 0 Å². The Morgan fingerprint density at radius 1 is 1.36 bits per heavy atom. The molecule has 22 heavy (non-hydrogen) atoms. The number of carboxylic acid groups (broad SMARTS) is 1. The number of nitrogens with zero attached hydrogens (tertiary/aromatic N) is 2. The van der Waals surface area contributed by atoms with Gasteiger partial charge < -0.3 is 14.4 Å². The van der Waals surface area contributed by atoms with E-state index in [1.54, 1.807) is 11.1 Å². The van der Waals surface area contributed by atoms with E-state index in [1.165, 1.54) is 12.3 Å². The van der Waals surface area contributed by atoms with Crippen LogP contribution in [0.2, 0.25) is 0 Å². The van der Waals surface area contributed by atoms with Gasteiger partial charge in [-0.2, -0.15) is 0 Å². The fourth-order valence-corrected chi connectivity index (χ4v) is 2.85. The lowest BCUT2D eigenvalue weighted by Gasteiger charge is -2.24. The zero-order valence-corrected chi connectivity index (χ0v) is 11.9. The Labute approximate surface area is 127 Å². The molecule has 1 fully saturated rings. The van der Waals surface area contributed by atoms with E-state index < -0.39 is 5.97 Å². The number of aromatic nitrogens is 1. The van der Waals surface area contributed by atoms with Gasteiger partial charge in [-0.1, -0.05) is 6.07 Å². The molecule has 114 valence electrons. The molecule has 0 aliphatic carbocycles. The van der Waals surface area contributed by atoms with Crippen molar-refractivity contribution < 1.29 is 19.1 Å². The summed E-state index contributed by atoms with van der Waals surface area (Å²) in [6.07, 6.45) is 4.53. The van der Waals surface area contributed by atoms with Crippen LogP contribution in [0.25, 0.3) is 0 Å². The van der Waals surface area contributed by atoms with Crippen LogP contribution in [0.4, 0.5) is 0 Å². The van der Waals surface area contributed by atoms with Crippen molar-refractivity contribution in [1.29, 1.82) is 0 Å². The highest BCUT2D eigenvalue weighted by Gasteiger charge is 2.33. The summed E-state index contributed by atoms with van der Waals surface area (Å²) in [4.78, 5) is 29.7. The number of likely N-dealkylation sites (tertiary alicyclic amines) is 1. The first-order valence-electron chi connectivity index (χ1n) is 7.17. The number of amides is 1. The highest BCUT2D eigenvalue weighted by Crippen LogP contribution is 2.32. The van der Waals surface area contributed by atoms with Gasteiger partial charge in [0.05, 0.1) is 23.6 Å². The monoisotopic (exact) mass is 300 g/mol. The number of rotatable bonds is 4. The average Bonchev–Trinajstić information content (AvgIpc) is 3.16. The predicted molar refractivity (Wildman–Crippen MR) is 77.3 cm³/mol. The van der Waals surface area contributed by atoms with Gasteiger partial charge in [0, 0.05) is 12.7 Å². The van der Waals surface area contributed by atoms with Crippen LogP contribution in [0.15, 0.2) is 41.1 Å². The molecule has 6 heteroatoms. The van der Waals surface area contributed by atoms with E-state index in [-0.39, 0.29) is 24.1 Å². The van der Waals surface area contributed by atoms with E-state index in [4.69, 9.17) is 9.52 Å². The van der Waals surface area contributed by atoms with Crippen LogP contribution in [-0.4, -0.2) is 33.4 Å². The third-order valence-corrected chi connectivity index (χ3v) is 3.83. The molecule has 3 heterocycles. The first-order valence-corrected chi connectivity index (χ1v) is 7.17. The van der Waals surface area contributed by atoms with Crippen LogP contribution in [0.5, 0.6) is 0 Å². The number of carbonyl (C=O) groups excluding carboxylic acids is 1. The summed E-state index contributed by atoms with van der Waals surface area (Å²) in [7, 11) is 0. The molecule has 1 saturated heterocycles. The topological polar surface area (TPSA) is 83.6 Å². The minimum Gasteiger partial charge on any atom is -0.481 e. The molecule has 2 aromatic rings. The van der Waals surface area contributed by atoms with Crippen molar-refractivity contribution in [1.82, 2.24) is 9.88 Å². The van der Waals surface area contributed by atoms with E-state index in [1.807, 2.05) is 18.2 Å². The van der Waals surface area contributed by atoms with Crippen molar-refractivity contribution in [3.8, 4) is 0 Å². The van der Waals surface area contributed by atoms with Crippen LogP contribution in [0.3, 0.4) is 0 Å². The lowest BCUT2D eigenvalue weighted by molar-refractivity contribution is -0.136. The smallest absolute Gasteiger partial charge is 0.311 e. The molecule has 6 nitrogen and oxygen atoms in total. The second-order valence-electron chi connectivity index (χ2n) is 5.24. The van der Waals surface area contributed by atoms with E-state index in [0.717, 1.165) is 18.5 Å². The van der Waals surface area contributed by atoms with Crippen molar-refractivity contribution in [2.24, 2.45) is 0 Å². The highest BCUT2D eigenvalue weighted by atomic mass is 16.4. The number of hydrogen-bond acceptors (Lipinski definition) is 4. The molecule has 1 aliphatic rings. The van der Waals surface area contributed by atoms with Crippen LogP contribution < -0.4 is 0 Å². The summed E-state index contributed by atoms with van der Waals surface area (Å²) in [5.74, 6) is -1.02. The van der Waals surface area contributed by atoms with Gasteiger partial charge in [0.1, 0.15) is 12.2 Å². The Hall–Kier alpha value is -2.63. The maximum Gasteiger partial charge on any atom is 0.311 e. The molecule has 1 atom stereocenters. The molecule has 2 aromatic heterocycles. The number of carbonyl (C=O) groups is 2. The Morgan fingerprint density at radius 2 is 2.23 bits per heavy atom. The van der Waals surface area contributed by atoms with Gasteiger partial charge in [0.15, 0.2) is 0 Å². The Kier molecular flexibility index (Phi) is 3.91. The molecular weight excluding hydrogens is 284 g/mol. The summed E-state index contributed by atoms with van der Waals surface area (Å²) < 4.78 is 5.15. The SMILES string of the molecule is O=C(O)Cc1occc1C(=O)N1CCCC1c1ccccn1. The third kappa shape index (κ3) is 2.72. The molecular formula is C16H16N2O4. The largest absolute Gasteiger partial charge is 0.481 e. The molecule has 0 saturated carbocycles. The molecule has 0 bridgehead atoms. The highest BCUT2D eigenvalue weighted by molar-refractivity contribution is 5.96. The number of aliphatic carboxylic acids is 1. The van der Waals surface area contributed by atoms with Crippen LogP contribution in [0.1, 0.15) is 40.7 Å². The zero-order chi connectivity index (χ0) is 15.5. The summed E-state index contributed by atoms with van der Waals surface area (Å²) in [5, 5.41) is 8.89. The molecule has 3 rings (SSSR count). The number of pyridine rings is 1. The van der Waals surface area contributed by atoms with Crippen molar-refractivity contribution in [3.63, 3.8) is 0 Å². The molecule has 1 amide bonds. The van der Waals surface area contributed by atoms with E-state index >= 15 is 0 Å². The normalized spacial score (nSPS) is 17.6. The molecule has 1 aliphatic heterocycles. The summed E-state index contributed by atoms with van der Waals surface area (Å²) in [6, 6.07) is 7.11. The predicted octanol–water partition coefficient (Wildman–Crippen LogP) is 2.28. The number of furan rings is 1. The first kappa shape index (κ1) is 14.3. The summed E-state index contributed by atoms with van der Waals surface area (Å²) in [5.41, 5.74) is 1.18. The summed E-state index contributed by atoms with van der Waals surface area (Å²) in [6.45, 7) is 0.637. The fourth-order valence-electron chi connectivity index (χ4n) is 2.85. The molecule has 0 aromatic carbocycles. The second-order valence-corrected chi connectivity index (χ2v) is 5.24. The van der Waals surface area contributed by atoms with Crippen molar-refractivity contribution >= 4 is 11.9 Å². The van der Waals surface area contributed by atoms with Gasteiger partial charge in [-0.3, -0.25) is 14.6 Å². The average molecular weight is 300 g/mol. The maximum absolute atomic E-state index is 12.7. The standard InChI is InChI=1S/C16H16N2O4/c19-15(20)10-14-11(6-9-22-14)16(21)18-8-3-5-13(18)12-4-1-2-7-17-12/h1-2,4,6-7,9,13H,3,5,8,10H2,(H,19,20). The minimum absolute atomic E-state index is 0.0683. The van der Waals surface area contributed by atoms with E-state index in [2.05, 4.69) is 4.98 Å². The van der Waals surface area contributed by atoms with E-state index in [0.29, 0.717) is 12.1 Å². The van der Waals surface area contributed by atoms with Gasteiger partial charge in [-0.15, -0.1) is 0 Å². The molecule has 1 N–H and O–H groups in total. The van der Waals surface area contributed by atoms with Gasteiger partial charge in [-0.25, -0.2) is 0 Å². The minimum atomic E-state index is -1.02. The second kappa shape index (κ2) is 6.01.